The van der Waals surface area contributed by atoms with Crippen LogP contribution < -0.4 is 0 Å². The van der Waals surface area contributed by atoms with Crippen molar-refractivity contribution in [1.29, 1.82) is 5.41 Å². The van der Waals surface area contributed by atoms with E-state index in [9.17, 15) is 31.2 Å². The predicted molar refractivity (Wildman–Crippen MR) is 135 cm³/mol. The molecule has 0 spiro atoms. The molecular formula is C25H27ClF3N3O5S. The number of rotatable bonds is 6. The first kappa shape index (κ1) is 28.2. The Morgan fingerprint density at radius 1 is 1.05 bits per heavy atom. The maximum absolute atomic E-state index is 13.2. The molecule has 0 aliphatic carbocycles. The fourth-order valence-electron chi connectivity index (χ4n) is 4.89. The zero-order valence-electron chi connectivity index (χ0n) is 20.3. The number of esters is 1. The third-order valence-corrected chi connectivity index (χ3v) is 8.83. The van der Waals surface area contributed by atoms with Gasteiger partial charge in [-0.15, -0.1) is 0 Å². The molecule has 2 aliphatic rings. The topological polar surface area (TPSA) is 108 Å². The van der Waals surface area contributed by atoms with Crippen LogP contribution in [0.3, 0.4) is 0 Å². The number of nitrogens with one attached hydrogen (secondary N) is 1. The fourth-order valence-corrected chi connectivity index (χ4v) is 6.46. The van der Waals surface area contributed by atoms with Crippen LogP contribution in [0.15, 0.2) is 41.3 Å². The van der Waals surface area contributed by atoms with E-state index < -0.39 is 39.7 Å². The quantitative estimate of drug-likeness (QED) is 0.519. The number of benzene rings is 2. The van der Waals surface area contributed by atoms with Crippen LogP contribution in [0.2, 0.25) is 5.02 Å². The molecule has 2 heterocycles. The summed E-state index contributed by atoms with van der Waals surface area (Å²) in [4.78, 5) is 27.8. The zero-order chi connectivity index (χ0) is 27.7. The molecule has 2 saturated heterocycles. The number of hydrogen-bond donors (Lipinski definition) is 1. The number of carbonyl (C=O) groups excluding carboxylic acids is 2. The van der Waals surface area contributed by atoms with E-state index in [0.717, 1.165) is 19.4 Å². The summed E-state index contributed by atoms with van der Waals surface area (Å²) in [5, 5.41) is 9.79. The zero-order valence-corrected chi connectivity index (χ0v) is 21.9. The fraction of sp³-hybridized carbons (Fsp3) is 0.480. The number of nitrogens with zero attached hydrogens (tertiary/aromatic N) is 2. The number of amidine groups is 1. The molecule has 13 heteroatoms. The van der Waals surface area contributed by atoms with Crippen molar-refractivity contribution in [3.63, 3.8) is 0 Å². The molecule has 2 fully saturated rings. The Balaban J connectivity index is 1.52. The maximum atomic E-state index is 13.2. The van der Waals surface area contributed by atoms with Crippen molar-refractivity contribution in [3.05, 3.63) is 41.4 Å². The number of sulfone groups is 1. The third-order valence-electron chi connectivity index (χ3n) is 6.89. The van der Waals surface area contributed by atoms with E-state index >= 15 is 0 Å². The Bertz CT molecular complexity index is 1340. The van der Waals surface area contributed by atoms with E-state index in [0.29, 0.717) is 40.9 Å². The summed E-state index contributed by atoms with van der Waals surface area (Å²) in [6.07, 6.45) is -4.06. The van der Waals surface area contributed by atoms with E-state index in [-0.39, 0.29) is 24.0 Å². The van der Waals surface area contributed by atoms with Crippen LogP contribution >= 0.6 is 11.6 Å². The summed E-state index contributed by atoms with van der Waals surface area (Å²) < 4.78 is 69.7. The molecule has 4 rings (SSSR count). The molecular weight excluding hydrogens is 547 g/mol. The molecule has 1 amide bonds. The molecule has 2 aliphatic heterocycles. The SMILES string of the molecule is N=C1CCCCN1C1CCN(C(=O)[C@@H](CS(=O)(=O)c2ccc3cc(Cl)ccc3c2)OC(=O)C(F)(F)F)CC1. The van der Waals surface area contributed by atoms with Crippen LogP contribution in [0, 0.1) is 5.41 Å². The van der Waals surface area contributed by atoms with E-state index in [2.05, 4.69) is 4.74 Å². The van der Waals surface area contributed by atoms with Crippen molar-refractivity contribution in [3.8, 4) is 0 Å². The summed E-state index contributed by atoms with van der Waals surface area (Å²) in [5.74, 6) is -4.23. The lowest BCUT2D eigenvalue weighted by Crippen LogP contribution is -2.53. The molecule has 0 unspecified atom stereocenters. The van der Waals surface area contributed by atoms with Crippen molar-refractivity contribution >= 4 is 49.9 Å². The standard InChI is InChI=1S/C25H27ClF3N3O5S/c26-18-6-4-17-14-20(7-5-16(17)13-18)38(35,36)15-21(37-24(34)25(27,28)29)23(33)31-11-8-19(9-12-31)32-10-2-1-3-22(32)30/h4-7,13-14,19,21,30H,1-3,8-12,15H2/t21-/m1/s1. The highest BCUT2D eigenvalue weighted by atomic mass is 35.5. The van der Waals surface area contributed by atoms with Gasteiger partial charge in [-0.05, 0) is 60.7 Å². The average molecular weight is 574 g/mol. The number of amides is 1. The minimum Gasteiger partial charge on any atom is -0.444 e. The van der Waals surface area contributed by atoms with Gasteiger partial charge < -0.3 is 14.5 Å². The number of piperidine rings is 2. The second kappa shape index (κ2) is 11.1. The summed E-state index contributed by atoms with van der Waals surface area (Å²) in [7, 11) is -4.33. The second-order valence-corrected chi connectivity index (χ2v) is 12.0. The van der Waals surface area contributed by atoms with Crippen molar-refractivity contribution in [1.82, 2.24) is 9.80 Å². The van der Waals surface area contributed by atoms with Crippen LogP contribution in [0.4, 0.5) is 13.2 Å². The van der Waals surface area contributed by atoms with Crippen LogP contribution in [0.5, 0.6) is 0 Å². The van der Waals surface area contributed by atoms with Gasteiger partial charge in [-0.2, -0.15) is 13.2 Å². The van der Waals surface area contributed by atoms with Gasteiger partial charge in [0.15, 0.2) is 15.9 Å². The van der Waals surface area contributed by atoms with E-state index in [1.807, 2.05) is 4.90 Å². The Hall–Kier alpha value is -2.86. The normalized spacial score (nSPS) is 18.5. The monoisotopic (exact) mass is 573 g/mol. The first-order valence-electron chi connectivity index (χ1n) is 12.2. The van der Waals surface area contributed by atoms with Gasteiger partial charge in [0.25, 0.3) is 5.91 Å². The molecule has 0 saturated carbocycles. The number of hydrogen-bond acceptors (Lipinski definition) is 6. The summed E-state index contributed by atoms with van der Waals surface area (Å²) in [5.41, 5.74) is 0. The Labute approximate surface area is 223 Å². The minimum absolute atomic E-state index is 0.0119. The molecule has 2 aromatic carbocycles. The number of alkyl halides is 3. The van der Waals surface area contributed by atoms with Gasteiger partial charge in [-0.1, -0.05) is 23.7 Å². The highest BCUT2D eigenvalue weighted by molar-refractivity contribution is 7.91. The van der Waals surface area contributed by atoms with Crippen molar-refractivity contribution in [2.75, 3.05) is 25.4 Å². The highest BCUT2D eigenvalue weighted by Crippen LogP contribution is 2.27. The summed E-state index contributed by atoms with van der Waals surface area (Å²) in [6.45, 7) is 1.02. The molecule has 1 N–H and O–H groups in total. The molecule has 2 aromatic rings. The smallest absolute Gasteiger partial charge is 0.444 e. The molecule has 0 aromatic heterocycles. The van der Waals surface area contributed by atoms with Crippen LogP contribution in [0.1, 0.15) is 32.1 Å². The molecule has 0 bridgehead atoms. The van der Waals surface area contributed by atoms with Crippen molar-refractivity contribution in [2.45, 2.75) is 55.3 Å². The van der Waals surface area contributed by atoms with Gasteiger partial charge in [-0.25, -0.2) is 13.2 Å². The number of fused-ring (bicyclic) bond motifs is 1. The van der Waals surface area contributed by atoms with Gasteiger partial charge >= 0.3 is 12.1 Å². The lowest BCUT2D eigenvalue weighted by Gasteiger charge is -2.42. The van der Waals surface area contributed by atoms with Crippen LogP contribution in [0.25, 0.3) is 10.8 Å². The third kappa shape index (κ3) is 6.40. The van der Waals surface area contributed by atoms with Crippen molar-refractivity contribution in [2.24, 2.45) is 0 Å². The highest BCUT2D eigenvalue weighted by Gasteiger charge is 2.45. The summed E-state index contributed by atoms with van der Waals surface area (Å²) >= 11 is 5.96. The minimum atomic E-state index is -5.40. The number of carbonyl (C=O) groups is 2. The van der Waals surface area contributed by atoms with Crippen LogP contribution in [-0.4, -0.2) is 79.6 Å². The van der Waals surface area contributed by atoms with Gasteiger partial charge in [0, 0.05) is 37.1 Å². The first-order valence-corrected chi connectivity index (χ1v) is 14.2. The van der Waals surface area contributed by atoms with Crippen LogP contribution in [-0.2, 0) is 24.2 Å². The van der Waals surface area contributed by atoms with Crippen molar-refractivity contribution < 1.29 is 35.9 Å². The average Bonchev–Trinajstić information content (AvgIpc) is 2.87. The second-order valence-electron chi connectivity index (χ2n) is 9.48. The molecule has 1 atom stereocenters. The lowest BCUT2D eigenvalue weighted by atomic mass is 9.99. The number of halogens is 4. The number of ether oxygens (including phenoxy) is 1. The first-order chi connectivity index (χ1) is 17.8. The summed E-state index contributed by atoms with van der Waals surface area (Å²) in [6, 6.07) is 8.88. The molecule has 8 nitrogen and oxygen atoms in total. The number of likely N-dealkylation sites (tertiary alicyclic amines) is 2. The Morgan fingerprint density at radius 3 is 2.37 bits per heavy atom. The van der Waals surface area contributed by atoms with E-state index in [1.165, 1.54) is 23.1 Å². The predicted octanol–water partition coefficient (Wildman–Crippen LogP) is 4.20. The molecule has 38 heavy (non-hydrogen) atoms. The van der Waals surface area contributed by atoms with Gasteiger partial charge in [-0.3, -0.25) is 10.2 Å². The maximum Gasteiger partial charge on any atom is 0.490 e. The largest absolute Gasteiger partial charge is 0.490 e. The van der Waals surface area contributed by atoms with E-state index in [4.69, 9.17) is 17.0 Å². The van der Waals surface area contributed by atoms with Gasteiger partial charge in [0.1, 0.15) is 5.75 Å². The van der Waals surface area contributed by atoms with Gasteiger partial charge in [0.2, 0.25) is 0 Å². The van der Waals surface area contributed by atoms with Gasteiger partial charge in [0.05, 0.1) is 10.7 Å². The Kier molecular flexibility index (Phi) is 8.22. The Morgan fingerprint density at radius 2 is 1.71 bits per heavy atom. The molecule has 206 valence electrons. The van der Waals surface area contributed by atoms with E-state index in [1.54, 1.807) is 18.2 Å². The molecule has 0 radical (unpaired) electrons. The lowest BCUT2D eigenvalue weighted by molar-refractivity contribution is -0.205.